The van der Waals surface area contributed by atoms with Crippen molar-refractivity contribution in [3.8, 4) is 0 Å². The quantitative estimate of drug-likeness (QED) is 0.452. The van der Waals surface area contributed by atoms with Crippen molar-refractivity contribution >= 4 is 0 Å². The Morgan fingerprint density at radius 3 is 2.00 bits per heavy atom. The molecule has 0 spiro atoms. The zero-order valence-corrected chi connectivity index (χ0v) is 6.33. The molecule has 11 heavy (non-hydrogen) atoms. The molecule has 0 radical (unpaired) electrons. The summed E-state index contributed by atoms with van der Waals surface area (Å²) in [5.41, 5.74) is -0.833. The van der Waals surface area contributed by atoms with Crippen LogP contribution in [-0.2, 0) is 4.74 Å². The normalized spacial score (nSPS) is 13.9. The van der Waals surface area contributed by atoms with Crippen molar-refractivity contribution < 1.29 is 17.9 Å². The minimum absolute atomic E-state index is 0.174. The van der Waals surface area contributed by atoms with Crippen molar-refractivity contribution in [3.05, 3.63) is 24.0 Å². The molecule has 0 aromatic carbocycles. The van der Waals surface area contributed by atoms with E-state index in [4.69, 9.17) is 0 Å². The lowest BCUT2D eigenvalue weighted by Crippen LogP contribution is -2.12. The van der Waals surface area contributed by atoms with E-state index in [0.717, 1.165) is 6.08 Å². The van der Waals surface area contributed by atoms with Gasteiger partial charge >= 0.3 is 6.18 Å². The van der Waals surface area contributed by atoms with Gasteiger partial charge in [-0.3, -0.25) is 0 Å². The van der Waals surface area contributed by atoms with E-state index in [9.17, 15) is 13.2 Å². The van der Waals surface area contributed by atoms with E-state index in [1.807, 2.05) is 0 Å². The van der Waals surface area contributed by atoms with Crippen LogP contribution in [-0.4, -0.2) is 13.3 Å². The van der Waals surface area contributed by atoms with Crippen molar-refractivity contribution in [2.75, 3.05) is 7.11 Å². The molecular weight excluding hydrogens is 157 g/mol. The first-order valence-corrected chi connectivity index (χ1v) is 2.88. The van der Waals surface area contributed by atoms with E-state index in [1.54, 1.807) is 0 Å². The van der Waals surface area contributed by atoms with Crippen LogP contribution in [0.2, 0.25) is 0 Å². The fourth-order valence-corrected chi connectivity index (χ4v) is 0.569. The van der Waals surface area contributed by atoms with Crippen LogP contribution in [0.5, 0.6) is 0 Å². The molecule has 0 unspecified atom stereocenters. The number of rotatable bonds is 2. The highest BCUT2D eigenvalue weighted by Gasteiger charge is 2.33. The molecule has 0 saturated carbocycles. The van der Waals surface area contributed by atoms with Crippen molar-refractivity contribution in [3.63, 3.8) is 0 Å². The lowest BCUT2D eigenvalue weighted by atomic mass is 10.2. The molecule has 0 saturated heterocycles. The first kappa shape index (κ1) is 10.1. The molecule has 0 aliphatic rings. The largest absolute Gasteiger partial charge is 0.501 e. The number of allylic oxidation sites excluding steroid dienone is 3. The molecule has 0 fully saturated rings. The van der Waals surface area contributed by atoms with E-state index < -0.39 is 11.7 Å². The molecule has 0 atom stereocenters. The molecular formula is C7H9F3O. The smallest absolute Gasteiger partial charge is 0.419 e. The first-order valence-electron chi connectivity index (χ1n) is 2.88. The van der Waals surface area contributed by atoms with Gasteiger partial charge in [0.1, 0.15) is 5.76 Å². The SMILES string of the molecule is C=C/C(=C(\C)OC)C(F)(F)F. The highest BCUT2D eigenvalue weighted by molar-refractivity contribution is 5.24. The topological polar surface area (TPSA) is 9.23 Å². The summed E-state index contributed by atoms with van der Waals surface area (Å²) in [4.78, 5) is 0. The summed E-state index contributed by atoms with van der Waals surface area (Å²) in [5, 5.41) is 0. The van der Waals surface area contributed by atoms with Crippen LogP contribution >= 0.6 is 0 Å². The van der Waals surface area contributed by atoms with Gasteiger partial charge in [0, 0.05) is 0 Å². The van der Waals surface area contributed by atoms with E-state index in [1.165, 1.54) is 14.0 Å². The van der Waals surface area contributed by atoms with E-state index in [0.29, 0.717) is 0 Å². The van der Waals surface area contributed by atoms with Crippen LogP contribution in [0, 0.1) is 0 Å². The second kappa shape index (κ2) is 3.46. The van der Waals surface area contributed by atoms with Gasteiger partial charge in [-0.2, -0.15) is 13.2 Å². The lowest BCUT2D eigenvalue weighted by molar-refractivity contribution is -0.0912. The third-order valence-electron chi connectivity index (χ3n) is 1.20. The van der Waals surface area contributed by atoms with E-state index in [2.05, 4.69) is 11.3 Å². The van der Waals surface area contributed by atoms with Gasteiger partial charge in [-0.1, -0.05) is 12.7 Å². The number of ether oxygens (including phenoxy) is 1. The fraction of sp³-hybridized carbons (Fsp3) is 0.429. The Bertz CT molecular complexity index is 179. The molecule has 0 N–H and O–H groups in total. The second-order valence-electron chi connectivity index (χ2n) is 1.88. The third kappa shape index (κ3) is 2.65. The van der Waals surface area contributed by atoms with E-state index in [-0.39, 0.29) is 5.76 Å². The predicted molar refractivity (Wildman–Crippen MR) is 36.0 cm³/mol. The highest BCUT2D eigenvalue weighted by Crippen LogP contribution is 2.28. The zero-order chi connectivity index (χ0) is 9.07. The van der Waals surface area contributed by atoms with Crippen molar-refractivity contribution in [1.29, 1.82) is 0 Å². The minimum atomic E-state index is -4.37. The van der Waals surface area contributed by atoms with Crippen LogP contribution in [0.4, 0.5) is 13.2 Å². The maximum atomic E-state index is 11.9. The molecule has 0 aliphatic heterocycles. The van der Waals surface area contributed by atoms with Crippen molar-refractivity contribution in [2.24, 2.45) is 0 Å². The molecule has 1 nitrogen and oxygen atoms in total. The molecule has 0 aliphatic carbocycles. The number of hydrogen-bond donors (Lipinski definition) is 0. The van der Waals surface area contributed by atoms with Crippen LogP contribution in [0.3, 0.4) is 0 Å². The molecule has 64 valence electrons. The van der Waals surface area contributed by atoms with Crippen LogP contribution in [0.1, 0.15) is 6.92 Å². The van der Waals surface area contributed by atoms with Gasteiger partial charge in [0.25, 0.3) is 0 Å². The van der Waals surface area contributed by atoms with Gasteiger partial charge in [-0.15, -0.1) is 0 Å². The third-order valence-corrected chi connectivity index (χ3v) is 1.20. The van der Waals surface area contributed by atoms with Crippen molar-refractivity contribution in [1.82, 2.24) is 0 Å². The molecule has 0 heterocycles. The Hall–Kier alpha value is -0.930. The van der Waals surface area contributed by atoms with Gasteiger partial charge in [0.2, 0.25) is 0 Å². The van der Waals surface area contributed by atoms with Gasteiger partial charge in [-0.25, -0.2) is 0 Å². The van der Waals surface area contributed by atoms with Gasteiger partial charge in [-0.05, 0) is 6.92 Å². The summed E-state index contributed by atoms with van der Waals surface area (Å²) >= 11 is 0. The number of hydrogen-bond acceptors (Lipinski definition) is 1. The Morgan fingerprint density at radius 2 is 1.91 bits per heavy atom. The maximum Gasteiger partial charge on any atom is 0.419 e. The van der Waals surface area contributed by atoms with Gasteiger partial charge in [0.05, 0.1) is 12.7 Å². The molecule has 0 rings (SSSR count). The molecule has 4 heteroatoms. The molecule has 0 aromatic heterocycles. The second-order valence-corrected chi connectivity index (χ2v) is 1.88. The Labute approximate surface area is 63.2 Å². The van der Waals surface area contributed by atoms with Crippen LogP contribution in [0.25, 0.3) is 0 Å². The molecule has 0 aromatic rings. The summed E-state index contributed by atoms with van der Waals surface area (Å²) in [7, 11) is 1.19. The average Bonchev–Trinajstić information content (AvgIpc) is 1.86. The zero-order valence-electron chi connectivity index (χ0n) is 6.33. The van der Waals surface area contributed by atoms with Crippen LogP contribution < -0.4 is 0 Å². The average molecular weight is 166 g/mol. The van der Waals surface area contributed by atoms with Crippen molar-refractivity contribution in [2.45, 2.75) is 13.1 Å². The molecule has 0 bridgehead atoms. The number of alkyl halides is 3. The maximum absolute atomic E-state index is 11.9. The summed E-state index contributed by atoms with van der Waals surface area (Å²) in [6.07, 6.45) is -3.64. The summed E-state index contributed by atoms with van der Waals surface area (Å²) in [6, 6.07) is 0. The summed E-state index contributed by atoms with van der Waals surface area (Å²) in [6.45, 7) is 4.28. The minimum Gasteiger partial charge on any atom is -0.501 e. The van der Waals surface area contributed by atoms with E-state index >= 15 is 0 Å². The van der Waals surface area contributed by atoms with Gasteiger partial charge in [0.15, 0.2) is 0 Å². The summed E-state index contributed by atoms with van der Waals surface area (Å²) < 4.78 is 40.3. The first-order chi connectivity index (χ1) is 4.93. The molecule has 0 amide bonds. The fourth-order valence-electron chi connectivity index (χ4n) is 0.569. The Kier molecular flexibility index (Phi) is 3.17. The Balaban J connectivity index is 4.80. The van der Waals surface area contributed by atoms with Gasteiger partial charge < -0.3 is 4.74 Å². The monoisotopic (exact) mass is 166 g/mol. The summed E-state index contributed by atoms with van der Waals surface area (Å²) in [5.74, 6) is -0.174. The van der Waals surface area contributed by atoms with Crippen LogP contribution in [0.15, 0.2) is 24.0 Å². The Morgan fingerprint density at radius 1 is 1.45 bits per heavy atom. The number of methoxy groups -OCH3 is 1. The number of halogens is 3. The lowest BCUT2D eigenvalue weighted by Gasteiger charge is -2.10. The predicted octanol–water partition coefficient (Wildman–Crippen LogP) is 2.66. The highest BCUT2D eigenvalue weighted by atomic mass is 19.4. The standard InChI is InChI=1S/C7H9F3O/c1-4-6(5(2)11-3)7(8,9)10/h4H,1H2,2-3H3/b6-5-.